The van der Waals surface area contributed by atoms with Crippen LogP contribution in [0, 0.1) is 5.92 Å². The number of rotatable bonds is 5. The Kier molecular flexibility index (Phi) is 5.03. The zero-order valence-electron chi connectivity index (χ0n) is 10.4. The zero-order chi connectivity index (χ0) is 12.3. The molecule has 0 aromatic carbocycles. The maximum atomic E-state index is 5.94. The molecule has 96 valence electrons. The minimum absolute atomic E-state index is 0.381. The van der Waals surface area contributed by atoms with Crippen LogP contribution in [0.1, 0.15) is 36.6 Å². The van der Waals surface area contributed by atoms with Crippen LogP contribution < -0.4 is 5.73 Å². The molecule has 0 aliphatic heterocycles. The monoisotopic (exact) mass is 316 g/mol. The fourth-order valence-electron chi connectivity index (χ4n) is 2.74. The van der Waals surface area contributed by atoms with Crippen LogP contribution in [0.2, 0.25) is 0 Å². The lowest BCUT2D eigenvalue weighted by Crippen LogP contribution is -2.33. The van der Waals surface area contributed by atoms with Crippen molar-refractivity contribution < 1.29 is 0 Å². The van der Waals surface area contributed by atoms with Crippen molar-refractivity contribution in [2.75, 3.05) is 20.1 Å². The van der Waals surface area contributed by atoms with E-state index in [-0.39, 0.29) is 0 Å². The first-order valence-electron chi connectivity index (χ1n) is 6.35. The summed E-state index contributed by atoms with van der Waals surface area (Å²) in [4.78, 5) is 3.81. The highest BCUT2D eigenvalue weighted by Gasteiger charge is 2.22. The van der Waals surface area contributed by atoms with Crippen LogP contribution in [0.5, 0.6) is 0 Å². The lowest BCUT2D eigenvalue weighted by Gasteiger charge is -2.28. The van der Waals surface area contributed by atoms with Crippen molar-refractivity contribution in [2.24, 2.45) is 11.7 Å². The second kappa shape index (κ2) is 6.32. The molecule has 2 rings (SSSR count). The van der Waals surface area contributed by atoms with Crippen LogP contribution in [-0.4, -0.2) is 25.0 Å². The van der Waals surface area contributed by atoms with Gasteiger partial charge in [0.1, 0.15) is 0 Å². The van der Waals surface area contributed by atoms with Gasteiger partial charge in [-0.1, -0.05) is 12.8 Å². The number of halogens is 1. The van der Waals surface area contributed by atoms with Crippen LogP contribution in [0.4, 0.5) is 0 Å². The second-order valence-electron chi connectivity index (χ2n) is 5.01. The SMILES string of the molecule is CN(CC1CCCC1)C(CN)c1cc(Br)cs1. The van der Waals surface area contributed by atoms with E-state index in [0.717, 1.165) is 5.92 Å². The largest absolute Gasteiger partial charge is 0.329 e. The molecular formula is C13H21BrN2S. The first-order chi connectivity index (χ1) is 8.20. The summed E-state index contributed by atoms with van der Waals surface area (Å²) in [6.07, 6.45) is 5.62. The summed E-state index contributed by atoms with van der Waals surface area (Å²) in [5.41, 5.74) is 5.94. The second-order valence-corrected chi connectivity index (χ2v) is 6.87. The van der Waals surface area contributed by atoms with Gasteiger partial charge in [-0.05, 0) is 47.8 Å². The van der Waals surface area contributed by atoms with E-state index >= 15 is 0 Å². The van der Waals surface area contributed by atoms with E-state index in [4.69, 9.17) is 5.73 Å². The minimum atomic E-state index is 0.381. The van der Waals surface area contributed by atoms with E-state index in [2.05, 4.69) is 39.3 Å². The van der Waals surface area contributed by atoms with Gasteiger partial charge in [-0.2, -0.15) is 0 Å². The Bertz CT molecular complexity index is 347. The molecule has 1 atom stereocenters. The predicted molar refractivity (Wildman–Crippen MR) is 78.4 cm³/mol. The van der Waals surface area contributed by atoms with Crippen LogP contribution in [0.3, 0.4) is 0 Å². The molecule has 1 unspecified atom stereocenters. The Balaban J connectivity index is 1.97. The summed E-state index contributed by atoms with van der Waals surface area (Å²) >= 11 is 5.32. The highest BCUT2D eigenvalue weighted by molar-refractivity contribution is 9.10. The summed E-state index contributed by atoms with van der Waals surface area (Å²) in [7, 11) is 2.21. The number of hydrogen-bond acceptors (Lipinski definition) is 3. The first kappa shape index (κ1) is 13.5. The van der Waals surface area contributed by atoms with Gasteiger partial charge in [-0.3, -0.25) is 4.90 Å². The quantitative estimate of drug-likeness (QED) is 0.898. The Morgan fingerprint density at radius 1 is 1.53 bits per heavy atom. The normalized spacial score (nSPS) is 19.1. The number of thiophene rings is 1. The molecule has 1 aromatic rings. The van der Waals surface area contributed by atoms with Crippen LogP contribution in [0.15, 0.2) is 15.9 Å². The fraction of sp³-hybridized carbons (Fsp3) is 0.692. The van der Waals surface area contributed by atoms with E-state index in [9.17, 15) is 0 Å². The maximum absolute atomic E-state index is 5.94. The van der Waals surface area contributed by atoms with Gasteiger partial charge in [-0.25, -0.2) is 0 Å². The van der Waals surface area contributed by atoms with Gasteiger partial charge in [0, 0.05) is 27.8 Å². The Hall–Kier alpha value is 0.1000. The van der Waals surface area contributed by atoms with Crippen LogP contribution >= 0.6 is 27.3 Å². The third-order valence-electron chi connectivity index (χ3n) is 3.69. The average Bonchev–Trinajstić information content (AvgIpc) is 2.91. The molecule has 1 fully saturated rings. The van der Waals surface area contributed by atoms with E-state index in [1.165, 1.54) is 41.6 Å². The highest BCUT2D eigenvalue weighted by Crippen LogP contribution is 2.31. The third-order valence-corrected chi connectivity index (χ3v) is 5.49. The molecule has 1 saturated carbocycles. The molecule has 0 radical (unpaired) electrons. The predicted octanol–water partition coefficient (Wildman–Crippen LogP) is 3.63. The van der Waals surface area contributed by atoms with Crippen molar-refractivity contribution in [3.63, 3.8) is 0 Å². The van der Waals surface area contributed by atoms with Gasteiger partial charge in [-0.15, -0.1) is 11.3 Å². The smallest absolute Gasteiger partial charge is 0.0562 e. The van der Waals surface area contributed by atoms with Gasteiger partial charge < -0.3 is 5.73 Å². The van der Waals surface area contributed by atoms with Gasteiger partial charge in [0.25, 0.3) is 0 Å². The van der Waals surface area contributed by atoms with E-state index in [1.54, 1.807) is 11.3 Å². The molecule has 1 aliphatic carbocycles. The molecule has 0 spiro atoms. The summed E-state index contributed by atoms with van der Waals surface area (Å²) in [5.74, 6) is 0.887. The first-order valence-corrected chi connectivity index (χ1v) is 8.02. The van der Waals surface area contributed by atoms with Crippen molar-refractivity contribution in [2.45, 2.75) is 31.7 Å². The summed E-state index contributed by atoms with van der Waals surface area (Å²) in [6, 6.07) is 2.58. The summed E-state index contributed by atoms with van der Waals surface area (Å²) in [6.45, 7) is 1.90. The fourth-order valence-corrected chi connectivity index (χ4v) is 4.37. The molecule has 1 aromatic heterocycles. The molecule has 0 saturated heterocycles. The van der Waals surface area contributed by atoms with Crippen molar-refractivity contribution >= 4 is 27.3 Å². The molecule has 4 heteroatoms. The zero-order valence-corrected chi connectivity index (χ0v) is 12.8. The molecule has 17 heavy (non-hydrogen) atoms. The average molecular weight is 317 g/mol. The molecule has 0 amide bonds. The summed E-state index contributed by atoms with van der Waals surface area (Å²) < 4.78 is 1.17. The van der Waals surface area contributed by atoms with Crippen molar-refractivity contribution in [1.29, 1.82) is 0 Å². The van der Waals surface area contributed by atoms with Gasteiger partial charge >= 0.3 is 0 Å². The van der Waals surface area contributed by atoms with E-state index < -0.39 is 0 Å². The molecule has 2 N–H and O–H groups in total. The van der Waals surface area contributed by atoms with Gasteiger partial charge in [0.2, 0.25) is 0 Å². The number of nitrogens with two attached hydrogens (primary N) is 1. The molecule has 1 aliphatic rings. The third kappa shape index (κ3) is 3.53. The molecule has 2 nitrogen and oxygen atoms in total. The molecule has 1 heterocycles. The Morgan fingerprint density at radius 3 is 2.76 bits per heavy atom. The lowest BCUT2D eigenvalue weighted by molar-refractivity contribution is 0.215. The molecule has 0 bridgehead atoms. The topological polar surface area (TPSA) is 29.3 Å². The number of likely N-dealkylation sites (N-methyl/N-ethyl adjacent to an activating group) is 1. The number of hydrogen-bond donors (Lipinski definition) is 1. The minimum Gasteiger partial charge on any atom is -0.329 e. The van der Waals surface area contributed by atoms with Crippen molar-refractivity contribution in [3.8, 4) is 0 Å². The highest BCUT2D eigenvalue weighted by atomic mass is 79.9. The standard InChI is InChI=1S/C13H21BrN2S/c1-16(8-10-4-2-3-5-10)12(7-15)13-6-11(14)9-17-13/h6,9-10,12H,2-5,7-8,15H2,1H3. The van der Waals surface area contributed by atoms with Crippen molar-refractivity contribution in [3.05, 3.63) is 20.8 Å². The van der Waals surface area contributed by atoms with E-state index in [0.29, 0.717) is 12.6 Å². The van der Waals surface area contributed by atoms with Gasteiger partial charge in [0.05, 0.1) is 6.04 Å². The van der Waals surface area contributed by atoms with E-state index in [1.807, 2.05) is 0 Å². The van der Waals surface area contributed by atoms with Crippen LogP contribution in [0.25, 0.3) is 0 Å². The lowest BCUT2D eigenvalue weighted by atomic mass is 10.1. The summed E-state index contributed by atoms with van der Waals surface area (Å²) in [5, 5.41) is 2.14. The van der Waals surface area contributed by atoms with Gasteiger partial charge in [0.15, 0.2) is 0 Å². The number of nitrogens with zero attached hydrogens (tertiary/aromatic N) is 1. The maximum Gasteiger partial charge on any atom is 0.0562 e. The van der Waals surface area contributed by atoms with Crippen molar-refractivity contribution in [1.82, 2.24) is 4.90 Å². The van der Waals surface area contributed by atoms with Crippen LogP contribution in [-0.2, 0) is 0 Å². The Labute approximate surface area is 116 Å². The molecular weight excluding hydrogens is 296 g/mol. The Morgan fingerprint density at radius 2 is 2.24 bits per heavy atom.